The molecule has 0 aliphatic carbocycles. The van der Waals surface area contributed by atoms with Crippen molar-refractivity contribution in [3.8, 4) is 0 Å². The van der Waals surface area contributed by atoms with Crippen molar-refractivity contribution in [2.75, 3.05) is 11.9 Å². The van der Waals surface area contributed by atoms with Crippen LogP contribution in [0.2, 0.25) is 5.02 Å². The van der Waals surface area contributed by atoms with Crippen molar-refractivity contribution in [1.29, 1.82) is 0 Å². The molecule has 0 saturated carbocycles. The molecule has 0 fully saturated rings. The van der Waals surface area contributed by atoms with Crippen molar-refractivity contribution in [2.24, 2.45) is 0 Å². The number of aromatic nitrogens is 7. The topological polar surface area (TPSA) is 86.3 Å². The van der Waals surface area contributed by atoms with Crippen LogP contribution >= 0.6 is 11.6 Å². The molecular weight excluding hydrogens is 364 g/mol. The van der Waals surface area contributed by atoms with Crippen LogP contribution in [0.1, 0.15) is 17.7 Å². The van der Waals surface area contributed by atoms with Crippen molar-refractivity contribution in [3.63, 3.8) is 0 Å². The van der Waals surface area contributed by atoms with Crippen LogP contribution in [0.3, 0.4) is 0 Å². The van der Waals surface area contributed by atoms with Gasteiger partial charge in [0.2, 0.25) is 0 Å². The highest BCUT2D eigenvalue weighted by Crippen LogP contribution is 2.23. The van der Waals surface area contributed by atoms with E-state index in [2.05, 4.69) is 30.8 Å². The normalized spacial score (nSPS) is 11.2. The van der Waals surface area contributed by atoms with Gasteiger partial charge in [0.15, 0.2) is 5.82 Å². The van der Waals surface area contributed by atoms with Gasteiger partial charge in [-0.2, -0.15) is 5.10 Å². The van der Waals surface area contributed by atoms with Gasteiger partial charge in [-0.3, -0.25) is 0 Å². The molecule has 4 aromatic rings. The van der Waals surface area contributed by atoms with Crippen molar-refractivity contribution in [2.45, 2.75) is 26.4 Å². The van der Waals surface area contributed by atoms with Crippen LogP contribution in [-0.2, 0) is 13.1 Å². The summed E-state index contributed by atoms with van der Waals surface area (Å²) in [5.74, 6) is 0.679. The second kappa shape index (κ2) is 7.71. The summed E-state index contributed by atoms with van der Waals surface area (Å²) in [6.45, 7) is 4.03. The monoisotopic (exact) mass is 382 g/mol. The van der Waals surface area contributed by atoms with E-state index in [0.29, 0.717) is 17.4 Å². The van der Waals surface area contributed by atoms with E-state index >= 15 is 0 Å². The number of hydrogen-bond donors (Lipinski definition) is 1. The summed E-state index contributed by atoms with van der Waals surface area (Å²) in [5.41, 5.74) is 3.31. The molecule has 3 heterocycles. The number of nitrogens with zero attached hydrogens (tertiary/aromatic N) is 7. The van der Waals surface area contributed by atoms with Crippen LogP contribution in [0, 0.1) is 6.92 Å². The number of anilines is 1. The molecule has 0 aliphatic heterocycles. The van der Waals surface area contributed by atoms with E-state index in [1.165, 1.54) is 0 Å². The van der Waals surface area contributed by atoms with Gasteiger partial charge in [0.05, 0.1) is 18.6 Å². The van der Waals surface area contributed by atoms with Gasteiger partial charge >= 0.3 is 0 Å². The third kappa shape index (κ3) is 3.75. The van der Waals surface area contributed by atoms with Gasteiger partial charge < -0.3 is 9.88 Å². The van der Waals surface area contributed by atoms with Crippen LogP contribution < -0.4 is 5.32 Å². The lowest BCUT2D eigenvalue weighted by Gasteiger charge is -2.10. The summed E-state index contributed by atoms with van der Waals surface area (Å²) >= 11 is 6.30. The molecule has 0 bridgehead atoms. The Kier molecular flexibility index (Phi) is 4.97. The van der Waals surface area contributed by atoms with E-state index in [1.807, 2.05) is 53.0 Å². The van der Waals surface area contributed by atoms with E-state index < -0.39 is 0 Å². The van der Waals surface area contributed by atoms with Crippen molar-refractivity contribution >= 4 is 28.5 Å². The molecule has 0 radical (unpaired) electrons. The summed E-state index contributed by atoms with van der Waals surface area (Å²) in [6, 6.07) is 7.72. The average molecular weight is 383 g/mol. The van der Waals surface area contributed by atoms with Crippen molar-refractivity contribution in [1.82, 2.24) is 34.7 Å². The zero-order valence-electron chi connectivity index (χ0n) is 14.9. The number of fused-ring (bicyclic) bond motifs is 1. The van der Waals surface area contributed by atoms with Gasteiger partial charge in [0, 0.05) is 30.5 Å². The van der Waals surface area contributed by atoms with Crippen LogP contribution in [-0.4, -0.2) is 41.3 Å². The molecule has 0 spiro atoms. The Labute approximate surface area is 161 Å². The molecule has 27 heavy (non-hydrogen) atoms. The number of imidazole rings is 1. The van der Waals surface area contributed by atoms with E-state index in [9.17, 15) is 0 Å². The highest BCUT2D eigenvalue weighted by Gasteiger charge is 2.15. The zero-order chi connectivity index (χ0) is 18.6. The third-order valence-corrected chi connectivity index (χ3v) is 4.69. The number of rotatable bonds is 7. The summed E-state index contributed by atoms with van der Waals surface area (Å²) in [5, 5.41) is 21.2. The highest BCUT2D eigenvalue weighted by atomic mass is 35.5. The second-order valence-corrected chi connectivity index (χ2v) is 6.66. The fourth-order valence-electron chi connectivity index (χ4n) is 2.92. The summed E-state index contributed by atoms with van der Waals surface area (Å²) < 4.78 is 3.86. The zero-order valence-corrected chi connectivity index (χ0v) is 15.6. The van der Waals surface area contributed by atoms with Gasteiger partial charge in [-0.1, -0.05) is 35.0 Å². The summed E-state index contributed by atoms with van der Waals surface area (Å²) in [4.78, 5) is 4.05. The minimum Gasteiger partial charge on any atom is -0.367 e. The Balaban J connectivity index is 1.56. The fourth-order valence-corrected chi connectivity index (χ4v) is 3.11. The predicted octanol–water partition coefficient (Wildman–Crippen LogP) is 2.93. The first-order valence-electron chi connectivity index (χ1n) is 8.72. The molecule has 0 amide bonds. The Hall–Kier alpha value is -3.00. The number of benzene rings is 1. The lowest BCUT2D eigenvalue weighted by atomic mass is 10.2. The molecule has 0 atom stereocenters. The molecular formula is C18H19ClN8. The molecule has 3 aromatic heterocycles. The first-order valence-corrected chi connectivity index (χ1v) is 9.09. The number of aryl methyl sites for hydroxylation is 2. The molecule has 9 heteroatoms. The first kappa shape index (κ1) is 17.4. The molecule has 0 unspecified atom stereocenters. The molecule has 8 nitrogen and oxygen atoms in total. The van der Waals surface area contributed by atoms with E-state index in [4.69, 9.17) is 11.6 Å². The van der Waals surface area contributed by atoms with Gasteiger partial charge in [0.25, 0.3) is 0 Å². The minimum absolute atomic E-state index is 0.519. The van der Waals surface area contributed by atoms with E-state index in [-0.39, 0.29) is 0 Å². The molecule has 138 valence electrons. The molecule has 4 rings (SSSR count). The Morgan fingerprint density at radius 2 is 2.04 bits per heavy atom. The fraction of sp³-hybridized carbons (Fsp3) is 0.278. The minimum atomic E-state index is 0.519. The highest BCUT2D eigenvalue weighted by molar-refractivity contribution is 6.31. The van der Waals surface area contributed by atoms with E-state index in [1.54, 1.807) is 6.20 Å². The Morgan fingerprint density at radius 3 is 2.85 bits per heavy atom. The van der Waals surface area contributed by atoms with Crippen LogP contribution in [0.4, 0.5) is 5.82 Å². The lowest BCUT2D eigenvalue weighted by molar-refractivity contribution is 0.657. The Morgan fingerprint density at radius 1 is 1.15 bits per heavy atom. The molecule has 0 saturated heterocycles. The summed E-state index contributed by atoms with van der Waals surface area (Å²) in [7, 11) is 0. The van der Waals surface area contributed by atoms with Gasteiger partial charge in [0.1, 0.15) is 11.0 Å². The van der Waals surface area contributed by atoms with Crippen LogP contribution in [0.15, 0.2) is 43.0 Å². The quantitative estimate of drug-likeness (QED) is 0.494. The predicted molar refractivity (Wildman–Crippen MR) is 104 cm³/mol. The lowest BCUT2D eigenvalue weighted by Crippen LogP contribution is -2.11. The maximum atomic E-state index is 6.30. The molecule has 1 N–H and O–H groups in total. The number of nitrogens with one attached hydrogen (secondary N) is 1. The maximum Gasteiger partial charge on any atom is 0.176 e. The maximum absolute atomic E-state index is 6.30. The van der Waals surface area contributed by atoms with E-state index in [0.717, 1.165) is 41.8 Å². The molecule has 0 aliphatic rings. The van der Waals surface area contributed by atoms with Gasteiger partial charge in [-0.05, 0) is 25.0 Å². The number of hydrogen-bond acceptors (Lipinski definition) is 6. The van der Waals surface area contributed by atoms with Crippen LogP contribution in [0.5, 0.6) is 0 Å². The molecule has 1 aromatic carbocycles. The van der Waals surface area contributed by atoms with Gasteiger partial charge in [-0.25, -0.2) is 9.67 Å². The van der Waals surface area contributed by atoms with Crippen molar-refractivity contribution in [3.05, 3.63) is 59.3 Å². The van der Waals surface area contributed by atoms with Crippen molar-refractivity contribution < 1.29 is 0 Å². The smallest absolute Gasteiger partial charge is 0.176 e. The van der Waals surface area contributed by atoms with Gasteiger partial charge in [-0.15, -0.1) is 10.2 Å². The summed E-state index contributed by atoms with van der Waals surface area (Å²) in [6.07, 6.45) is 6.47. The Bertz CT molecular complexity index is 1040. The van der Waals surface area contributed by atoms with Crippen LogP contribution in [0.25, 0.3) is 11.0 Å². The number of halogens is 1. The second-order valence-electron chi connectivity index (χ2n) is 6.25. The third-order valence-electron chi connectivity index (χ3n) is 4.32. The first-order chi connectivity index (χ1) is 13.2. The standard InChI is InChI=1S/C18H19ClN8/c1-13-16-17(27(25-23-16)11-14-5-2-3-6-15(14)19)18(24-22-13)21-7-4-9-26-10-8-20-12-26/h2-3,5-6,8,10,12H,4,7,9,11H2,1H3,(H,21,24). The largest absolute Gasteiger partial charge is 0.367 e. The SMILES string of the molecule is Cc1nnc(NCCCn2ccnc2)c2c1nnn2Cc1ccccc1Cl. The average Bonchev–Trinajstić information content (AvgIpc) is 3.33.